The van der Waals surface area contributed by atoms with Crippen LogP contribution in [-0.4, -0.2) is 26.1 Å². The molecule has 23 heavy (non-hydrogen) atoms. The summed E-state index contributed by atoms with van der Waals surface area (Å²) in [7, 11) is 1.75. The monoisotopic (exact) mass is 467 g/mol. The van der Waals surface area contributed by atoms with Crippen molar-refractivity contribution in [1.29, 1.82) is 0 Å². The Hall–Kier alpha value is -0.860. The predicted octanol–water partition coefficient (Wildman–Crippen LogP) is 4.11. The van der Waals surface area contributed by atoms with Crippen LogP contribution in [0.4, 0.5) is 4.39 Å². The molecule has 0 aliphatic heterocycles. The van der Waals surface area contributed by atoms with Crippen LogP contribution in [0, 0.1) is 5.82 Å². The Balaban J connectivity index is 0.00000264. The van der Waals surface area contributed by atoms with Gasteiger partial charge in [-0.1, -0.05) is 23.7 Å². The summed E-state index contributed by atoms with van der Waals surface area (Å²) >= 11 is 7.50. The maximum atomic E-state index is 12.8. The maximum absolute atomic E-state index is 12.8. The van der Waals surface area contributed by atoms with Crippen LogP contribution in [0.1, 0.15) is 10.4 Å². The average molecular weight is 468 g/mol. The van der Waals surface area contributed by atoms with Crippen molar-refractivity contribution in [3.05, 3.63) is 57.0 Å². The van der Waals surface area contributed by atoms with Gasteiger partial charge in [0, 0.05) is 25.0 Å². The molecule has 0 bridgehead atoms. The first-order valence-electron chi connectivity index (χ1n) is 7.10. The van der Waals surface area contributed by atoms with Crippen LogP contribution in [-0.2, 0) is 12.8 Å². The Morgan fingerprint density at radius 2 is 1.74 bits per heavy atom. The van der Waals surface area contributed by atoms with E-state index in [4.69, 9.17) is 11.6 Å². The van der Waals surface area contributed by atoms with E-state index < -0.39 is 0 Å². The van der Waals surface area contributed by atoms with Gasteiger partial charge in [-0.3, -0.25) is 4.99 Å². The SMILES string of the molecule is CN=C(NCCc1ccc(F)cc1)NCCc1ccc(Cl)s1.I. The van der Waals surface area contributed by atoms with Crippen LogP contribution in [0.2, 0.25) is 4.34 Å². The van der Waals surface area contributed by atoms with Crippen LogP contribution in [0.25, 0.3) is 0 Å². The molecule has 0 atom stereocenters. The number of hydrogen-bond donors (Lipinski definition) is 2. The van der Waals surface area contributed by atoms with E-state index in [2.05, 4.69) is 15.6 Å². The zero-order valence-electron chi connectivity index (χ0n) is 12.8. The Kier molecular flexibility index (Phi) is 9.50. The third-order valence-corrected chi connectivity index (χ3v) is 4.43. The number of nitrogens with one attached hydrogen (secondary N) is 2. The summed E-state index contributed by atoms with van der Waals surface area (Å²) < 4.78 is 13.6. The van der Waals surface area contributed by atoms with Crippen molar-refractivity contribution in [2.75, 3.05) is 20.1 Å². The van der Waals surface area contributed by atoms with Gasteiger partial charge in [-0.2, -0.15) is 0 Å². The van der Waals surface area contributed by atoms with Crippen LogP contribution in [0.3, 0.4) is 0 Å². The van der Waals surface area contributed by atoms with E-state index in [9.17, 15) is 4.39 Å². The summed E-state index contributed by atoms with van der Waals surface area (Å²) in [6.07, 6.45) is 1.73. The van der Waals surface area contributed by atoms with E-state index in [0.29, 0.717) is 0 Å². The summed E-state index contributed by atoms with van der Waals surface area (Å²) in [5, 5.41) is 6.51. The summed E-state index contributed by atoms with van der Waals surface area (Å²) in [4.78, 5) is 5.43. The number of hydrogen-bond acceptors (Lipinski definition) is 2. The number of benzene rings is 1. The lowest BCUT2D eigenvalue weighted by Crippen LogP contribution is -2.39. The number of guanidine groups is 1. The molecule has 0 saturated heterocycles. The number of thiophene rings is 1. The van der Waals surface area contributed by atoms with Crippen molar-refractivity contribution < 1.29 is 4.39 Å². The Morgan fingerprint density at radius 1 is 1.09 bits per heavy atom. The number of rotatable bonds is 6. The number of aliphatic imine (C=N–C) groups is 1. The standard InChI is InChI=1S/C16H19ClFN3S.HI/c1-19-16(21-11-9-14-6-7-15(17)22-14)20-10-8-12-2-4-13(18)5-3-12;/h2-7H,8-11H2,1H3,(H2,19,20,21);1H. The summed E-state index contributed by atoms with van der Waals surface area (Å²) in [6.45, 7) is 1.54. The van der Waals surface area contributed by atoms with Gasteiger partial charge >= 0.3 is 0 Å². The first-order chi connectivity index (χ1) is 10.7. The van der Waals surface area contributed by atoms with Crippen LogP contribution in [0.5, 0.6) is 0 Å². The number of halogens is 3. The van der Waals surface area contributed by atoms with E-state index in [0.717, 1.165) is 41.8 Å². The predicted molar refractivity (Wildman–Crippen MR) is 108 cm³/mol. The normalized spacial score (nSPS) is 11.0. The fourth-order valence-corrected chi connectivity index (χ4v) is 3.07. The van der Waals surface area contributed by atoms with Crippen molar-refractivity contribution in [3.63, 3.8) is 0 Å². The molecule has 0 saturated carbocycles. The second kappa shape index (κ2) is 10.8. The molecule has 2 N–H and O–H groups in total. The molecule has 126 valence electrons. The molecule has 2 rings (SSSR count). The van der Waals surface area contributed by atoms with E-state index in [1.54, 1.807) is 30.5 Å². The topological polar surface area (TPSA) is 36.4 Å². The lowest BCUT2D eigenvalue weighted by molar-refractivity contribution is 0.626. The lowest BCUT2D eigenvalue weighted by Gasteiger charge is -2.11. The van der Waals surface area contributed by atoms with Crippen LogP contribution >= 0.6 is 46.9 Å². The summed E-state index contributed by atoms with van der Waals surface area (Å²) in [6, 6.07) is 10.5. The van der Waals surface area contributed by atoms with Crippen molar-refractivity contribution in [3.8, 4) is 0 Å². The minimum absolute atomic E-state index is 0. The minimum atomic E-state index is -0.206. The van der Waals surface area contributed by atoms with E-state index >= 15 is 0 Å². The highest BCUT2D eigenvalue weighted by Gasteiger charge is 2.01. The third kappa shape index (κ3) is 7.50. The molecule has 1 heterocycles. The van der Waals surface area contributed by atoms with Gasteiger partial charge in [-0.15, -0.1) is 35.3 Å². The average Bonchev–Trinajstić information content (AvgIpc) is 2.93. The van der Waals surface area contributed by atoms with E-state index in [1.807, 2.05) is 12.1 Å². The maximum Gasteiger partial charge on any atom is 0.190 e. The smallest absolute Gasteiger partial charge is 0.190 e. The van der Waals surface area contributed by atoms with Gasteiger partial charge in [-0.25, -0.2) is 4.39 Å². The fourth-order valence-electron chi connectivity index (χ4n) is 1.99. The van der Waals surface area contributed by atoms with Gasteiger partial charge in [-0.05, 0) is 42.7 Å². The van der Waals surface area contributed by atoms with Gasteiger partial charge in [0.25, 0.3) is 0 Å². The molecular formula is C16H20ClFIN3S. The zero-order valence-corrected chi connectivity index (χ0v) is 16.7. The van der Waals surface area contributed by atoms with Gasteiger partial charge in [0.1, 0.15) is 5.82 Å². The Bertz CT molecular complexity index is 616. The quantitative estimate of drug-likeness (QED) is 0.381. The molecule has 0 amide bonds. The summed E-state index contributed by atoms with van der Waals surface area (Å²) in [5.41, 5.74) is 1.09. The van der Waals surface area contributed by atoms with Crippen molar-refractivity contribution >= 4 is 52.9 Å². The van der Waals surface area contributed by atoms with Crippen molar-refractivity contribution in [1.82, 2.24) is 10.6 Å². The Morgan fingerprint density at radius 3 is 2.30 bits per heavy atom. The first kappa shape index (κ1) is 20.2. The highest BCUT2D eigenvalue weighted by atomic mass is 127. The van der Waals surface area contributed by atoms with Gasteiger partial charge < -0.3 is 10.6 Å². The first-order valence-corrected chi connectivity index (χ1v) is 8.30. The van der Waals surface area contributed by atoms with Crippen LogP contribution in [0.15, 0.2) is 41.4 Å². The van der Waals surface area contributed by atoms with Gasteiger partial charge in [0.2, 0.25) is 0 Å². The molecule has 0 radical (unpaired) electrons. The van der Waals surface area contributed by atoms with Gasteiger partial charge in [0.15, 0.2) is 5.96 Å². The van der Waals surface area contributed by atoms with Crippen molar-refractivity contribution in [2.24, 2.45) is 4.99 Å². The molecule has 0 aliphatic rings. The molecule has 1 aromatic carbocycles. The van der Waals surface area contributed by atoms with Crippen molar-refractivity contribution in [2.45, 2.75) is 12.8 Å². The molecule has 2 aromatic rings. The molecule has 0 fully saturated rings. The molecule has 0 spiro atoms. The Labute approximate surface area is 162 Å². The lowest BCUT2D eigenvalue weighted by atomic mass is 10.1. The molecule has 3 nitrogen and oxygen atoms in total. The molecule has 7 heteroatoms. The van der Waals surface area contributed by atoms with E-state index in [-0.39, 0.29) is 29.8 Å². The molecule has 0 unspecified atom stereocenters. The van der Waals surface area contributed by atoms with Crippen LogP contribution < -0.4 is 10.6 Å². The summed E-state index contributed by atoms with van der Waals surface area (Å²) in [5.74, 6) is 0.563. The molecule has 1 aromatic heterocycles. The second-order valence-corrected chi connectivity index (χ2v) is 6.56. The number of nitrogens with zero attached hydrogens (tertiary/aromatic N) is 1. The largest absolute Gasteiger partial charge is 0.356 e. The highest BCUT2D eigenvalue weighted by Crippen LogP contribution is 2.21. The highest BCUT2D eigenvalue weighted by molar-refractivity contribution is 14.0. The second-order valence-electron chi connectivity index (χ2n) is 4.76. The molecular weight excluding hydrogens is 448 g/mol. The van der Waals surface area contributed by atoms with E-state index in [1.165, 1.54) is 17.0 Å². The third-order valence-electron chi connectivity index (χ3n) is 3.14. The van der Waals surface area contributed by atoms with Gasteiger partial charge in [0.05, 0.1) is 4.34 Å². The minimum Gasteiger partial charge on any atom is -0.356 e. The zero-order chi connectivity index (χ0) is 15.8. The fraction of sp³-hybridized carbons (Fsp3) is 0.312. The molecule has 0 aliphatic carbocycles.